The lowest BCUT2D eigenvalue weighted by molar-refractivity contribution is 0.411. The molecule has 2 N–H and O–H groups in total. The van der Waals surface area contributed by atoms with Gasteiger partial charge in [0.1, 0.15) is 5.75 Å². The lowest BCUT2D eigenvalue weighted by atomic mass is 10.1. The maximum absolute atomic E-state index is 5.93. The van der Waals surface area contributed by atoms with Crippen LogP contribution in [0.1, 0.15) is 24.1 Å². The Morgan fingerprint density at radius 2 is 2.10 bits per heavy atom. The summed E-state index contributed by atoms with van der Waals surface area (Å²) in [4.78, 5) is 0. The molecule has 1 unspecified atom stereocenters. The van der Waals surface area contributed by atoms with Crippen LogP contribution in [0.15, 0.2) is 26.9 Å². The molecule has 7 heteroatoms. The zero-order valence-electron chi connectivity index (χ0n) is 11.6. The number of nitrogens with two attached hydrogens (primary N) is 1. The molecule has 4 nitrogen and oxygen atoms in total. The van der Waals surface area contributed by atoms with E-state index < -0.39 is 0 Å². The molecular formula is C13H17N3OS3. The minimum absolute atomic E-state index is 0.0225. The minimum Gasteiger partial charge on any atom is -0.496 e. The predicted molar refractivity (Wildman–Crippen MR) is 86.8 cm³/mol. The van der Waals surface area contributed by atoms with Crippen LogP contribution in [0.25, 0.3) is 0 Å². The lowest BCUT2D eigenvalue weighted by Gasteiger charge is -2.12. The highest BCUT2D eigenvalue weighted by Crippen LogP contribution is 2.33. The summed E-state index contributed by atoms with van der Waals surface area (Å²) >= 11 is 4.90. The van der Waals surface area contributed by atoms with Crippen molar-refractivity contribution in [2.75, 3.05) is 13.4 Å². The summed E-state index contributed by atoms with van der Waals surface area (Å²) in [6, 6.07) is 6.11. The largest absolute Gasteiger partial charge is 0.496 e. The molecule has 0 radical (unpaired) electrons. The lowest BCUT2D eigenvalue weighted by Crippen LogP contribution is -2.05. The molecule has 1 heterocycles. The van der Waals surface area contributed by atoms with Gasteiger partial charge in [-0.05, 0) is 30.9 Å². The zero-order chi connectivity index (χ0) is 14.5. The number of rotatable bonds is 6. The normalized spacial score (nSPS) is 12.4. The third-order valence-electron chi connectivity index (χ3n) is 2.74. The Kier molecular flexibility index (Phi) is 5.71. The van der Waals surface area contributed by atoms with E-state index in [1.807, 2.05) is 25.3 Å². The number of ether oxygens (including phenoxy) is 1. The van der Waals surface area contributed by atoms with Gasteiger partial charge in [-0.15, -0.1) is 10.2 Å². The van der Waals surface area contributed by atoms with Crippen molar-refractivity contribution in [3.8, 4) is 5.75 Å². The average Bonchev–Trinajstić information content (AvgIpc) is 2.92. The van der Waals surface area contributed by atoms with E-state index in [-0.39, 0.29) is 6.04 Å². The highest BCUT2D eigenvalue weighted by atomic mass is 32.2. The molecule has 1 aromatic heterocycles. The molecule has 1 aromatic carbocycles. The van der Waals surface area contributed by atoms with Crippen LogP contribution in [0.3, 0.4) is 0 Å². The van der Waals surface area contributed by atoms with Crippen LogP contribution in [-0.2, 0) is 5.75 Å². The van der Waals surface area contributed by atoms with Gasteiger partial charge in [-0.3, -0.25) is 0 Å². The topological polar surface area (TPSA) is 61.0 Å². The van der Waals surface area contributed by atoms with Crippen LogP contribution in [-0.4, -0.2) is 23.6 Å². The van der Waals surface area contributed by atoms with Crippen molar-refractivity contribution in [1.82, 2.24) is 10.2 Å². The summed E-state index contributed by atoms with van der Waals surface area (Å²) in [5.74, 6) is 1.68. The molecule has 2 rings (SSSR count). The molecule has 0 fully saturated rings. The van der Waals surface area contributed by atoms with E-state index in [9.17, 15) is 0 Å². The fraction of sp³-hybridized carbons (Fsp3) is 0.385. The van der Waals surface area contributed by atoms with Crippen molar-refractivity contribution in [3.05, 3.63) is 29.3 Å². The van der Waals surface area contributed by atoms with Crippen LogP contribution in [0, 0.1) is 0 Å². The molecule has 0 aliphatic carbocycles. The van der Waals surface area contributed by atoms with Gasteiger partial charge in [0.15, 0.2) is 8.68 Å². The van der Waals surface area contributed by atoms with E-state index in [1.54, 1.807) is 42.0 Å². The van der Waals surface area contributed by atoms with Crippen LogP contribution in [0.5, 0.6) is 5.75 Å². The smallest absolute Gasteiger partial charge is 0.175 e. The summed E-state index contributed by atoms with van der Waals surface area (Å²) in [5, 5.41) is 8.25. The first-order valence-electron chi connectivity index (χ1n) is 6.06. The summed E-state index contributed by atoms with van der Waals surface area (Å²) in [6.45, 7) is 1.98. The SMILES string of the molecule is COc1ccc(C(C)N)cc1CSc1nnc(SC)s1. The van der Waals surface area contributed by atoms with Crippen LogP contribution < -0.4 is 10.5 Å². The Balaban J connectivity index is 2.12. The average molecular weight is 328 g/mol. The van der Waals surface area contributed by atoms with Crippen LogP contribution >= 0.6 is 34.9 Å². The van der Waals surface area contributed by atoms with Crippen molar-refractivity contribution in [1.29, 1.82) is 0 Å². The van der Waals surface area contributed by atoms with Crippen LogP contribution in [0.4, 0.5) is 0 Å². The van der Waals surface area contributed by atoms with E-state index in [0.717, 1.165) is 31.3 Å². The Morgan fingerprint density at radius 1 is 1.35 bits per heavy atom. The maximum Gasteiger partial charge on any atom is 0.175 e. The number of hydrogen-bond donors (Lipinski definition) is 1. The van der Waals surface area contributed by atoms with Gasteiger partial charge in [0.2, 0.25) is 0 Å². The minimum atomic E-state index is 0.0225. The number of hydrogen-bond acceptors (Lipinski definition) is 7. The zero-order valence-corrected chi connectivity index (χ0v) is 14.1. The molecular weight excluding hydrogens is 310 g/mol. The summed E-state index contributed by atoms with van der Waals surface area (Å²) in [6.07, 6.45) is 2.00. The molecule has 0 saturated carbocycles. The molecule has 0 spiro atoms. The standard InChI is InChI=1S/C13H17N3OS3/c1-8(14)9-4-5-11(17-2)10(6-9)7-19-13-16-15-12(18-3)20-13/h4-6,8H,7,14H2,1-3H3. The van der Waals surface area contributed by atoms with Crippen molar-refractivity contribution >= 4 is 34.9 Å². The number of nitrogens with zero attached hydrogens (tertiary/aromatic N) is 2. The number of benzene rings is 1. The molecule has 108 valence electrons. The van der Waals surface area contributed by atoms with Gasteiger partial charge >= 0.3 is 0 Å². The fourth-order valence-electron chi connectivity index (χ4n) is 1.67. The first kappa shape index (κ1) is 15.6. The van der Waals surface area contributed by atoms with Crippen molar-refractivity contribution < 1.29 is 4.74 Å². The molecule has 0 aliphatic rings. The van der Waals surface area contributed by atoms with Gasteiger partial charge in [-0.25, -0.2) is 0 Å². The Bertz CT molecular complexity index is 572. The third-order valence-corrected chi connectivity index (χ3v) is 5.82. The van der Waals surface area contributed by atoms with Gasteiger partial charge in [-0.1, -0.05) is 40.9 Å². The fourth-order valence-corrected chi connectivity index (χ4v) is 4.09. The Hall–Kier alpha value is -0.760. The second-order valence-electron chi connectivity index (χ2n) is 4.19. The molecule has 0 aliphatic heterocycles. The number of aromatic nitrogens is 2. The van der Waals surface area contributed by atoms with Crippen molar-refractivity contribution in [2.45, 2.75) is 27.4 Å². The highest BCUT2D eigenvalue weighted by Gasteiger charge is 2.10. The Labute approximate surface area is 131 Å². The highest BCUT2D eigenvalue weighted by molar-refractivity contribution is 8.02. The maximum atomic E-state index is 5.93. The molecule has 0 saturated heterocycles. The monoisotopic (exact) mass is 327 g/mol. The van der Waals surface area contributed by atoms with Gasteiger partial charge in [0, 0.05) is 17.4 Å². The second-order valence-corrected chi connectivity index (χ2v) is 7.44. The quantitative estimate of drug-likeness (QED) is 0.818. The predicted octanol–water partition coefficient (Wildman–Crippen LogP) is 3.58. The third kappa shape index (κ3) is 3.88. The molecule has 0 bridgehead atoms. The first-order chi connectivity index (χ1) is 9.63. The van der Waals surface area contributed by atoms with E-state index in [2.05, 4.69) is 16.3 Å². The van der Waals surface area contributed by atoms with E-state index in [0.29, 0.717) is 0 Å². The number of methoxy groups -OCH3 is 1. The van der Waals surface area contributed by atoms with Gasteiger partial charge in [-0.2, -0.15) is 0 Å². The summed E-state index contributed by atoms with van der Waals surface area (Å²) in [7, 11) is 1.69. The van der Waals surface area contributed by atoms with E-state index in [4.69, 9.17) is 10.5 Å². The first-order valence-corrected chi connectivity index (χ1v) is 9.09. The molecule has 0 amide bonds. The van der Waals surface area contributed by atoms with E-state index in [1.165, 1.54) is 0 Å². The van der Waals surface area contributed by atoms with Gasteiger partial charge in [0.25, 0.3) is 0 Å². The molecule has 2 aromatic rings. The van der Waals surface area contributed by atoms with Crippen molar-refractivity contribution in [2.24, 2.45) is 5.73 Å². The van der Waals surface area contributed by atoms with Gasteiger partial charge in [0.05, 0.1) is 7.11 Å². The summed E-state index contributed by atoms with van der Waals surface area (Å²) in [5.41, 5.74) is 8.18. The second kappa shape index (κ2) is 7.31. The van der Waals surface area contributed by atoms with E-state index >= 15 is 0 Å². The molecule has 1 atom stereocenters. The van der Waals surface area contributed by atoms with Crippen LogP contribution in [0.2, 0.25) is 0 Å². The van der Waals surface area contributed by atoms with Crippen molar-refractivity contribution in [3.63, 3.8) is 0 Å². The number of thioether (sulfide) groups is 2. The summed E-state index contributed by atoms with van der Waals surface area (Å²) < 4.78 is 7.37. The van der Waals surface area contributed by atoms with Gasteiger partial charge < -0.3 is 10.5 Å². The molecule has 20 heavy (non-hydrogen) atoms. The Morgan fingerprint density at radius 3 is 2.70 bits per heavy atom.